The number of fused-ring (bicyclic) bond motifs is 1. The third kappa shape index (κ3) is 3.11. The van der Waals surface area contributed by atoms with Crippen molar-refractivity contribution in [3.63, 3.8) is 0 Å². The second kappa shape index (κ2) is 6.06. The van der Waals surface area contributed by atoms with Crippen LogP contribution in [0.3, 0.4) is 0 Å². The van der Waals surface area contributed by atoms with Crippen molar-refractivity contribution in [2.45, 2.75) is 32.0 Å². The molecule has 3 rings (SSSR count). The van der Waals surface area contributed by atoms with E-state index >= 15 is 0 Å². The molecule has 0 fully saturated rings. The van der Waals surface area contributed by atoms with Crippen LogP contribution in [-0.4, -0.2) is 16.9 Å². The monoisotopic (exact) mass is 281 g/mol. The van der Waals surface area contributed by atoms with E-state index in [4.69, 9.17) is 0 Å². The average Bonchev–Trinajstić information content (AvgIpc) is 2.55. The third-order valence-corrected chi connectivity index (χ3v) is 3.89. The van der Waals surface area contributed by atoms with Crippen molar-refractivity contribution in [1.82, 2.24) is 15.6 Å². The molecule has 0 radical (unpaired) electrons. The van der Waals surface area contributed by atoms with Crippen molar-refractivity contribution < 1.29 is 4.79 Å². The second-order valence-corrected chi connectivity index (χ2v) is 5.39. The van der Waals surface area contributed by atoms with E-state index in [2.05, 4.69) is 27.8 Å². The first kappa shape index (κ1) is 13.8. The third-order valence-electron chi connectivity index (χ3n) is 3.89. The van der Waals surface area contributed by atoms with Gasteiger partial charge in [-0.05, 0) is 36.6 Å². The van der Waals surface area contributed by atoms with Crippen LogP contribution in [0, 0.1) is 0 Å². The maximum absolute atomic E-state index is 12.4. The first-order valence-electron chi connectivity index (χ1n) is 7.25. The average molecular weight is 281 g/mol. The minimum Gasteiger partial charge on any atom is -0.347 e. The normalized spacial score (nSPS) is 18.6. The van der Waals surface area contributed by atoms with Crippen molar-refractivity contribution in [1.29, 1.82) is 0 Å². The lowest BCUT2D eigenvalue weighted by molar-refractivity contribution is -0.124. The second-order valence-electron chi connectivity index (χ2n) is 5.39. The Bertz CT molecular complexity index is 627. The van der Waals surface area contributed by atoms with E-state index in [1.165, 1.54) is 11.1 Å². The van der Waals surface area contributed by atoms with E-state index in [1.807, 2.05) is 37.3 Å². The van der Waals surface area contributed by atoms with E-state index in [0.717, 1.165) is 18.7 Å². The summed E-state index contributed by atoms with van der Waals surface area (Å²) in [4.78, 5) is 16.7. The Labute approximate surface area is 124 Å². The zero-order valence-corrected chi connectivity index (χ0v) is 12.0. The Balaban J connectivity index is 1.65. The van der Waals surface area contributed by atoms with Crippen LogP contribution < -0.4 is 10.6 Å². The van der Waals surface area contributed by atoms with Gasteiger partial charge in [-0.15, -0.1) is 0 Å². The molecule has 0 aliphatic carbocycles. The highest BCUT2D eigenvalue weighted by atomic mass is 16.2. The maximum atomic E-state index is 12.4. The van der Waals surface area contributed by atoms with Gasteiger partial charge in [0.1, 0.15) is 0 Å². The molecular weight excluding hydrogens is 262 g/mol. The predicted octanol–water partition coefficient (Wildman–Crippen LogP) is 1.97. The quantitative estimate of drug-likeness (QED) is 0.904. The number of benzene rings is 1. The molecule has 4 nitrogen and oxygen atoms in total. The Hall–Kier alpha value is -2.20. The number of carbonyl (C=O) groups excluding carboxylic acids is 1. The Morgan fingerprint density at radius 3 is 2.76 bits per heavy atom. The lowest BCUT2D eigenvalue weighted by Gasteiger charge is -2.26. The molecule has 1 amide bonds. The van der Waals surface area contributed by atoms with Gasteiger partial charge in [-0.25, -0.2) is 0 Å². The molecule has 0 saturated heterocycles. The molecule has 0 saturated carbocycles. The van der Waals surface area contributed by atoms with Gasteiger partial charge < -0.3 is 10.6 Å². The highest BCUT2D eigenvalue weighted by molar-refractivity contribution is 5.82. The molecule has 4 heteroatoms. The van der Waals surface area contributed by atoms with Gasteiger partial charge in [0.15, 0.2) is 0 Å². The molecule has 1 aromatic heterocycles. The Kier molecular flexibility index (Phi) is 3.97. The van der Waals surface area contributed by atoms with Gasteiger partial charge in [-0.1, -0.05) is 30.3 Å². The fraction of sp³-hybridized carbons (Fsp3) is 0.294. The number of aromatic nitrogens is 1. The van der Waals surface area contributed by atoms with Crippen molar-refractivity contribution in [2.24, 2.45) is 0 Å². The number of amides is 1. The molecule has 2 heterocycles. The molecule has 108 valence electrons. The van der Waals surface area contributed by atoms with Crippen LogP contribution in [0.25, 0.3) is 0 Å². The largest absolute Gasteiger partial charge is 0.347 e. The molecule has 2 atom stereocenters. The van der Waals surface area contributed by atoms with Gasteiger partial charge in [0.25, 0.3) is 0 Å². The molecule has 0 spiro atoms. The molecule has 1 unspecified atom stereocenters. The molecule has 1 aromatic carbocycles. The Morgan fingerprint density at radius 2 is 2.00 bits per heavy atom. The maximum Gasteiger partial charge on any atom is 0.238 e. The molecule has 1 aliphatic rings. The predicted molar refractivity (Wildman–Crippen MR) is 81.6 cm³/mol. The van der Waals surface area contributed by atoms with Crippen LogP contribution >= 0.6 is 0 Å². The lowest BCUT2D eigenvalue weighted by atomic mass is 9.95. The van der Waals surface area contributed by atoms with Gasteiger partial charge in [0.05, 0.1) is 17.8 Å². The summed E-state index contributed by atoms with van der Waals surface area (Å²) < 4.78 is 0. The van der Waals surface area contributed by atoms with E-state index in [9.17, 15) is 4.79 Å². The van der Waals surface area contributed by atoms with Crippen LogP contribution in [0.1, 0.15) is 29.8 Å². The summed E-state index contributed by atoms with van der Waals surface area (Å²) in [6, 6.07) is 13.7. The van der Waals surface area contributed by atoms with Crippen LogP contribution in [-0.2, 0) is 17.8 Å². The molecular formula is C17H19N3O. The molecule has 1 aliphatic heterocycles. The number of pyridine rings is 1. The number of hydrogen-bond donors (Lipinski definition) is 2. The summed E-state index contributed by atoms with van der Waals surface area (Å²) in [6.07, 6.45) is 2.48. The van der Waals surface area contributed by atoms with Crippen LogP contribution in [0.5, 0.6) is 0 Å². The van der Waals surface area contributed by atoms with Gasteiger partial charge in [0.2, 0.25) is 5.91 Å². The minimum atomic E-state index is -0.175. The molecule has 2 N–H and O–H groups in total. The SMILES string of the molecule is C[C@H](NC(=O)C1Cc2ccccc2CN1)c1ccccn1. The summed E-state index contributed by atoms with van der Waals surface area (Å²) in [5.41, 5.74) is 3.41. The first-order valence-corrected chi connectivity index (χ1v) is 7.25. The summed E-state index contributed by atoms with van der Waals surface area (Å²) >= 11 is 0. The van der Waals surface area contributed by atoms with Crippen molar-refractivity contribution in [3.05, 3.63) is 65.5 Å². The van der Waals surface area contributed by atoms with E-state index in [-0.39, 0.29) is 18.0 Å². The van der Waals surface area contributed by atoms with Crippen LogP contribution in [0.4, 0.5) is 0 Å². The number of nitrogens with zero attached hydrogens (tertiary/aromatic N) is 1. The zero-order chi connectivity index (χ0) is 14.7. The van der Waals surface area contributed by atoms with E-state index in [0.29, 0.717) is 0 Å². The highest BCUT2D eigenvalue weighted by Crippen LogP contribution is 2.17. The topological polar surface area (TPSA) is 54.0 Å². The number of hydrogen-bond acceptors (Lipinski definition) is 3. The van der Waals surface area contributed by atoms with Crippen LogP contribution in [0.15, 0.2) is 48.7 Å². The number of carbonyl (C=O) groups is 1. The first-order chi connectivity index (χ1) is 10.2. The smallest absolute Gasteiger partial charge is 0.238 e. The van der Waals surface area contributed by atoms with Crippen molar-refractivity contribution >= 4 is 5.91 Å². The van der Waals surface area contributed by atoms with E-state index in [1.54, 1.807) is 6.20 Å². The fourth-order valence-electron chi connectivity index (χ4n) is 2.66. The summed E-state index contributed by atoms with van der Waals surface area (Å²) in [6.45, 7) is 2.70. The molecule has 21 heavy (non-hydrogen) atoms. The van der Waals surface area contributed by atoms with Gasteiger partial charge in [0, 0.05) is 12.7 Å². The van der Waals surface area contributed by atoms with Crippen molar-refractivity contribution in [2.75, 3.05) is 0 Å². The van der Waals surface area contributed by atoms with Crippen molar-refractivity contribution in [3.8, 4) is 0 Å². The molecule has 2 aromatic rings. The Morgan fingerprint density at radius 1 is 1.24 bits per heavy atom. The van der Waals surface area contributed by atoms with E-state index < -0.39 is 0 Å². The van der Waals surface area contributed by atoms with Gasteiger partial charge >= 0.3 is 0 Å². The lowest BCUT2D eigenvalue weighted by Crippen LogP contribution is -2.48. The fourth-order valence-corrected chi connectivity index (χ4v) is 2.66. The van der Waals surface area contributed by atoms with Gasteiger partial charge in [-0.2, -0.15) is 0 Å². The molecule has 0 bridgehead atoms. The number of rotatable bonds is 3. The summed E-state index contributed by atoms with van der Waals surface area (Å²) in [5, 5.41) is 6.33. The standard InChI is InChI=1S/C17H19N3O/c1-12(15-8-4-5-9-18-15)20-17(21)16-10-13-6-2-3-7-14(13)11-19-16/h2-9,12,16,19H,10-11H2,1H3,(H,20,21)/t12-,16?/m0/s1. The van der Waals surface area contributed by atoms with Crippen LogP contribution in [0.2, 0.25) is 0 Å². The summed E-state index contributed by atoms with van der Waals surface area (Å²) in [7, 11) is 0. The highest BCUT2D eigenvalue weighted by Gasteiger charge is 2.25. The number of nitrogens with one attached hydrogen (secondary N) is 2. The minimum absolute atomic E-state index is 0.0302. The van der Waals surface area contributed by atoms with Gasteiger partial charge in [-0.3, -0.25) is 9.78 Å². The zero-order valence-electron chi connectivity index (χ0n) is 12.0. The summed E-state index contributed by atoms with van der Waals surface area (Å²) in [5.74, 6) is 0.0302.